The van der Waals surface area contributed by atoms with Gasteiger partial charge in [-0.3, -0.25) is 0 Å². The molecule has 1 unspecified atom stereocenters. The lowest BCUT2D eigenvalue weighted by molar-refractivity contribution is -0.162. The van der Waals surface area contributed by atoms with Crippen LogP contribution in [0.15, 0.2) is 42.5 Å². The van der Waals surface area contributed by atoms with Crippen LogP contribution in [0.4, 0.5) is 0 Å². The summed E-state index contributed by atoms with van der Waals surface area (Å²) in [7, 11) is 0. The molecule has 1 N–H and O–H groups in total. The van der Waals surface area contributed by atoms with Crippen molar-refractivity contribution in [2.24, 2.45) is 0 Å². The summed E-state index contributed by atoms with van der Waals surface area (Å²) in [6.45, 7) is 12.7. The molecular weight excluding hydrogens is 338 g/mol. The molecule has 0 aliphatic rings. The van der Waals surface area contributed by atoms with Crippen molar-refractivity contribution in [1.82, 2.24) is 4.90 Å². The summed E-state index contributed by atoms with van der Waals surface area (Å²) in [5, 5.41) is 11.6. The molecule has 0 aliphatic heterocycles. The third kappa shape index (κ3) is 4.57. The van der Waals surface area contributed by atoms with Crippen LogP contribution in [0.3, 0.4) is 0 Å². The van der Waals surface area contributed by atoms with E-state index in [9.17, 15) is 9.90 Å². The molecule has 0 aromatic heterocycles. The Morgan fingerprint density at radius 3 is 2.30 bits per heavy atom. The van der Waals surface area contributed by atoms with Crippen LogP contribution in [-0.2, 0) is 15.1 Å². The Bertz CT molecular complexity index is 769. The van der Waals surface area contributed by atoms with Crippen LogP contribution < -0.4 is 0 Å². The molecule has 0 amide bonds. The molecule has 0 saturated heterocycles. The quantitative estimate of drug-likeness (QED) is 0.720. The molecule has 2 aromatic rings. The number of aryl methyl sites for hydroxylation is 2. The highest BCUT2D eigenvalue weighted by atomic mass is 16.5. The third-order valence-electron chi connectivity index (χ3n) is 5.22. The fraction of sp³-hybridized carbons (Fsp3) is 0.435. The van der Waals surface area contributed by atoms with Crippen molar-refractivity contribution in [3.63, 3.8) is 0 Å². The molecule has 0 spiro atoms. The molecular formula is C23H31NO3. The standard InChI is InChI=1S/C23H31NO3/c1-6-24(7-2)13-14-27-22(25)23(26,20-11-9-8-10-12-20)21-16-17(3)15-18(4)19(21)5/h8-12,15-16,26H,6-7,13-14H2,1-5H3. The lowest BCUT2D eigenvalue weighted by Crippen LogP contribution is -2.40. The van der Waals surface area contributed by atoms with Gasteiger partial charge in [0.15, 0.2) is 0 Å². The highest BCUT2D eigenvalue weighted by molar-refractivity contribution is 5.86. The number of likely N-dealkylation sites (N-methyl/N-ethyl adjacent to an activating group) is 1. The number of benzene rings is 2. The average Bonchev–Trinajstić information content (AvgIpc) is 2.68. The van der Waals surface area contributed by atoms with Crippen molar-refractivity contribution in [3.8, 4) is 0 Å². The second-order valence-corrected chi connectivity index (χ2v) is 6.99. The molecule has 0 bridgehead atoms. The molecule has 4 nitrogen and oxygen atoms in total. The van der Waals surface area contributed by atoms with Crippen molar-refractivity contribution in [3.05, 3.63) is 70.3 Å². The van der Waals surface area contributed by atoms with Crippen molar-refractivity contribution in [1.29, 1.82) is 0 Å². The van der Waals surface area contributed by atoms with E-state index < -0.39 is 11.6 Å². The summed E-state index contributed by atoms with van der Waals surface area (Å²) in [5.41, 5.74) is 2.21. The number of carbonyl (C=O) groups is 1. The highest BCUT2D eigenvalue weighted by Crippen LogP contribution is 2.35. The summed E-state index contributed by atoms with van der Waals surface area (Å²) in [6.07, 6.45) is 0. The van der Waals surface area contributed by atoms with E-state index in [1.807, 2.05) is 45.0 Å². The summed E-state index contributed by atoms with van der Waals surface area (Å²) >= 11 is 0. The van der Waals surface area contributed by atoms with Gasteiger partial charge in [0.25, 0.3) is 0 Å². The SMILES string of the molecule is CCN(CC)CCOC(=O)C(O)(c1ccccc1)c1cc(C)cc(C)c1C. The van der Waals surface area contributed by atoms with Crippen LogP contribution >= 0.6 is 0 Å². The van der Waals surface area contributed by atoms with Crippen molar-refractivity contribution in [2.45, 2.75) is 40.2 Å². The summed E-state index contributed by atoms with van der Waals surface area (Å²) in [5.74, 6) is -0.631. The lowest BCUT2D eigenvalue weighted by atomic mass is 9.82. The van der Waals surface area contributed by atoms with Crippen LogP contribution in [0.1, 0.15) is 41.7 Å². The van der Waals surface area contributed by atoms with Gasteiger partial charge in [0.1, 0.15) is 6.61 Å². The highest BCUT2D eigenvalue weighted by Gasteiger charge is 2.43. The maximum atomic E-state index is 13.1. The lowest BCUT2D eigenvalue weighted by Gasteiger charge is -2.30. The zero-order chi connectivity index (χ0) is 20.0. The van der Waals surface area contributed by atoms with E-state index in [4.69, 9.17) is 4.74 Å². The minimum atomic E-state index is -1.83. The van der Waals surface area contributed by atoms with E-state index >= 15 is 0 Å². The summed E-state index contributed by atoms with van der Waals surface area (Å²) in [4.78, 5) is 15.3. The third-order valence-corrected chi connectivity index (χ3v) is 5.22. The molecule has 4 heteroatoms. The van der Waals surface area contributed by atoms with Gasteiger partial charge in [-0.05, 0) is 50.6 Å². The number of ether oxygens (including phenoxy) is 1. The topological polar surface area (TPSA) is 49.8 Å². The van der Waals surface area contributed by atoms with Gasteiger partial charge in [0.2, 0.25) is 5.60 Å². The number of esters is 1. The van der Waals surface area contributed by atoms with Gasteiger partial charge in [-0.25, -0.2) is 4.79 Å². The van der Waals surface area contributed by atoms with Crippen LogP contribution in [0.25, 0.3) is 0 Å². The monoisotopic (exact) mass is 369 g/mol. The number of hydrogen-bond donors (Lipinski definition) is 1. The zero-order valence-corrected chi connectivity index (χ0v) is 17.1. The predicted octanol–water partition coefficient (Wildman–Crippen LogP) is 3.73. The fourth-order valence-electron chi connectivity index (χ4n) is 3.39. The maximum Gasteiger partial charge on any atom is 0.347 e. The van der Waals surface area contributed by atoms with Crippen molar-refractivity contribution < 1.29 is 14.6 Å². The first-order valence-electron chi connectivity index (χ1n) is 9.60. The Morgan fingerprint density at radius 1 is 1.07 bits per heavy atom. The van der Waals surface area contributed by atoms with Crippen LogP contribution in [-0.4, -0.2) is 42.2 Å². The fourth-order valence-corrected chi connectivity index (χ4v) is 3.39. The van der Waals surface area contributed by atoms with E-state index in [0.29, 0.717) is 17.7 Å². The molecule has 0 saturated carbocycles. The van der Waals surface area contributed by atoms with Gasteiger partial charge in [0.05, 0.1) is 0 Å². The second kappa shape index (κ2) is 9.16. The molecule has 2 aromatic carbocycles. The zero-order valence-electron chi connectivity index (χ0n) is 17.1. The average molecular weight is 370 g/mol. The number of nitrogens with zero attached hydrogens (tertiary/aromatic N) is 1. The number of rotatable bonds is 8. The number of hydrogen-bond acceptors (Lipinski definition) is 4. The molecule has 27 heavy (non-hydrogen) atoms. The Labute approximate surface area is 162 Å². The van der Waals surface area contributed by atoms with Gasteiger partial charge in [-0.2, -0.15) is 0 Å². The Hall–Kier alpha value is -2.17. The van der Waals surface area contributed by atoms with E-state index in [0.717, 1.165) is 29.8 Å². The molecule has 0 radical (unpaired) electrons. The van der Waals surface area contributed by atoms with Gasteiger partial charge < -0.3 is 14.7 Å². The van der Waals surface area contributed by atoms with Gasteiger partial charge in [-0.15, -0.1) is 0 Å². The molecule has 146 valence electrons. The van der Waals surface area contributed by atoms with Gasteiger partial charge in [0, 0.05) is 12.1 Å². The Balaban J connectivity index is 2.42. The normalized spacial score (nSPS) is 13.4. The Morgan fingerprint density at radius 2 is 1.70 bits per heavy atom. The smallest absolute Gasteiger partial charge is 0.347 e. The minimum absolute atomic E-state index is 0.250. The van der Waals surface area contributed by atoms with Crippen LogP contribution in [0, 0.1) is 20.8 Å². The Kier molecular flexibility index (Phi) is 7.17. The molecule has 2 rings (SSSR count). The number of carbonyl (C=O) groups excluding carboxylic acids is 1. The minimum Gasteiger partial charge on any atom is -0.462 e. The number of aliphatic hydroxyl groups is 1. The van der Waals surface area contributed by atoms with E-state index in [2.05, 4.69) is 24.8 Å². The van der Waals surface area contributed by atoms with E-state index in [-0.39, 0.29) is 6.61 Å². The summed E-state index contributed by atoms with van der Waals surface area (Å²) in [6, 6.07) is 13.0. The van der Waals surface area contributed by atoms with Gasteiger partial charge >= 0.3 is 5.97 Å². The largest absolute Gasteiger partial charge is 0.462 e. The molecule has 0 fully saturated rings. The first-order valence-corrected chi connectivity index (χ1v) is 9.60. The maximum absolute atomic E-state index is 13.1. The molecule has 0 heterocycles. The first kappa shape index (κ1) is 21.1. The summed E-state index contributed by atoms with van der Waals surface area (Å²) < 4.78 is 5.55. The van der Waals surface area contributed by atoms with E-state index in [1.165, 1.54) is 0 Å². The van der Waals surface area contributed by atoms with Crippen molar-refractivity contribution >= 4 is 5.97 Å². The second-order valence-electron chi connectivity index (χ2n) is 6.99. The van der Waals surface area contributed by atoms with E-state index in [1.54, 1.807) is 12.1 Å². The van der Waals surface area contributed by atoms with Crippen LogP contribution in [0.5, 0.6) is 0 Å². The van der Waals surface area contributed by atoms with Crippen LogP contribution in [0.2, 0.25) is 0 Å². The predicted molar refractivity (Wildman–Crippen MR) is 109 cm³/mol. The molecule has 1 atom stereocenters. The van der Waals surface area contributed by atoms with Gasteiger partial charge in [-0.1, -0.05) is 61.9 Å². The first-order chi connectivity index (χ1) is 12.8. The molecule has 0 aliphatic carbocycles. The van der Waals surface area contributed by atoms with Crippen molar-refractivity contribution in [2.75, 3.05) is 26.2 Å².